The van der Waals surface area contributed by atoms with Crippen molar-refractivity contribution in [1.82, 2.24) is 20.2 Å². The number of carbonyl (C=O) groups excluding carboxylic acids is 1. The molecule has 20 heavy (non-hydrogen) atoms. The molecule has 1 saturated heterocycles. The summed E-state index contributed by atoms with van der Waals surface area (Å²) >= 11 is 0. The maximum atomic E-state index is 12.0. The Kier molecular flexibility index (Phi) is 5.69. The zero-order chi connectivity index (χ0) is 14.2. The van der Waals surface area contributed by atoms with Crippen LogP contribution in [0.1, 0.15) is 0 Å². The summed E-state index contributed by atoms with van der Waals surface area (Å²) in [5.74, 6) is 1.01. The molecule has 1 amide bonds. The van der Waals surface area contributed by atoms with E-state index in [1.165, 1.54) is 0 Å². The molecule has 0 saturated carbocycles. The number of nitrogens with zero attached hydrogens (tertiary/aromatic N) is 4. The number of ether oxygens (including phenoxy) is 1. The highest BCUT2D eigenvalue weighted by Crippen LogP contribution is 2.11. The Morgan fingerprint density at radius 2 is 2.15 bits per heavy atom. The lowest BCUT2D eigenvalue weighted by molar-refractivity contribution is -0.130. The van der Waals surface area contributed by atoms with Gasteiger partial charge in [-0.25, -0.2) is 4.98 Å². The summed E-state index contributed by atoms with van der Waals surface area (Å²) in [5, 5.41) is 3.07. The number of carbonyl (C=O) groups is 1. The third-order valence-corrected chi connectivity index (χ3v) is 3.27. The van der Waals surface area contributed by atoms with E-state index in [1.54, 1.807) is 25.7 Å². The van der Waals surface area contributed by atoms with Gasteiger partial charge in [-0.1, -0.05) is 0 Å². The van der Waals surface area contributed by atoms with E-state index in [9.17, 15) is 4.79 Å². The number of nitrogens with one attached hydrogen (secondary N) is 1. The molecule has 0 bridgehead atoms. The minimum atomic E-state index is 0.139. The summed E-state index contributed by atoms with van der Waals surface area (Å²) in [7, 11) is 1.65. The van der Waals surface area contributed by atoms with Crippen molar-refractivity contribution >= 4 is 11.7 Å². The van der Waals surface area contributed by atoms with Crippen molar-refractivity contribution in [3.8, 4) is 0 Å². The fourth-order valence-corrected chi connectivity index (χ4v) is 2.12. The van der Waals surface area contributed by atoms with Crippen molar-refractivity contribution < 1.29 is 9.53 Å². The Balaban J connectivity index is 1.72. The summed E-state index contributed by atoms with van der Waals surface area (Å²) in [6.07, 6.45) is 5.10. The standard InChI is InChI=1S/C13H21N5O2/c1-20-9-4-15-11-13(19)18-7-5-17(6-8-18)12-10-14-2-3-16-12/h2-3,10,15H,4-9,11H2,1H3. The maximum absolute atomic E-state index is 12.0. The molecule has 1 N–H and O–H groups in total. The molecule has 7 heteroatoms. The van der Waals surface area contributed by atoms with Crippen molar-refractivity contribution in [2.45, 2.75) is 0 Å². The van der Waals surface area contributed by atoms with E-state index in [1.807, 2.05) is 4.90 Å². The second kappa shape index (κ2) is 7.76. The lowest BCUT2D eigenvalue weighted by Gasteiger charge is -2.35. The Labute approximate surface area is 118 Å². The summed E-state index contributed by atoms with van der Waals surface area (Å²) in [6, 6.07) is 0. The van der Waals surface area contributed by atoms with Gasteiger partial charge in [0.2, 0.25) is 5.91 Å². The van der Waals surface area contributed by atoms with Crippen molar-refractivity contribution in [2.24, 2.45) is 0 Å². The fraction of sp³-hybridized carbons (Fsp3) is 0.615. The number of hydrogen-bond donors (Lipinski definition) is 1. The Bertz CT molecular complexity index is 406. The summed E-state index contributed by atoms with van der Waals surface area (Å²) in [4.78, 5) is 24.4. The second-order valence-electron chi connectivity index (χ2n) is 4.60. The van der Waals surface area contributed by atoms with Crippen molar-refractivity contribution in [3.63, 3.8) is 0 Å². The Hall–Kier alpha value is -1.73. The monoisotopic (exact) mass is 279 g/mol. The van der Waals surface area contributed by atoms with Gasteiger partial charge in [-0.2, -0.15) is 0 Å². The summed E-state index contributed by atoms with van der Waals surface area (Å²) < 4.78 is 4.93. The van der Waals surface area contributed by atoms with E-state index in [4.69, 9.17) is 4.74 Å². The number of piperazine rings is 1. The van der Waals surface area contributed by atoms with E-state index in [0.29, 0.717) is 19.7 Å². The molecule has 0 atom stereocenters. The molecular formula is C13H21N5O2. The predicted octanol–water partition coefficient (Wildman–Crippen LogP) is -0.639. The number of anilines is 1. The largest absolute Gasteiger partial charge is 0.383 e. The first-order valence-electron chi connectivity index (χ1n) is 6.79. The van der Waals surface area contributed by atoms with Crippen LogP contribution in [0.25, 0.3) is 0 Å². The van der Waals surface area contributed by atoms with Crippen LogP contribution < -0.4 is 10.2 Å². The zero-order valence-corrected chi connectivity index (χ0v) is 11.8. The van der Waals surface area contributed by atoms with E-state index in [-0.39, 0.29) is 5.91 Å². The molecule has 0 aromatic carbocycles. The molecule has 0 spiro atoms. The summed E-state index contributed by atoms with van der Waals surface area (Å²) in [5.41, 5.74) is 0. The smallest absolute Gasteiger partial charge is 0.236 e. The van der Waals surface area contributed by atoms with Crippen LogP contribution in [0.3, 0.4) is 0 Å². The van der Waals surface area contributed by atoms with Crippen LogP contribution in [0.4, 0.5) is 5.82 Å². The van der Waals surface area contributed by atoms with Crippen LogP contribution >= 0.6 is 0 Å². The first-order valence-corrected chi connectivity index (χ1v) is 6.79. The van der Waals surface area contributed by atoms with Crippen LogP contribution in [0.15, 0.2) is 18.6 Å². The number of amides is 1. The molecule has 0 radical (unpaired) electrons. The second-order valence-corrected chi connectivity index (χ2v) is 4.60. The third kappa shape index (κ3) is 4.14. The molecule has 0 unspecified atom stereocenters. The molecule has 0 aliphatic carbocycles. The molecule has 1 aliphatic rings. The lowest BCUT2D eigenvalue weighted by atomic mass is 10.3. The van der Waals surface area contributed by atoms with Gasteiger partial charge in [-0.3, -0.25) is 9.78 Å². The average molecular weight is 279 g/mol. The van der Waals surface area contributed by atoms with Crippen LogP contribution in [0, 0.1) is 0 Å². The van der Waals surface area contributed by atoms with Gasteiger partial charge in [0.1, 0.15) is 5.82 Å². The number of hydrogen-bond acceptors (Lipinski definition) is 6. The third-order valence-electron chi connectivity index (χ3n) is 3.27. The van der Waals surface area contributed by atoms with E-state index < -0.39 is 0 Å². The van der Waals surface area contributed by atoms with Gasteiger partial charge < -0.3 is 19.9 Å². The van der Waals surface area contributed by atoms with Crippen molar-refractivity contribution in [1.29, 1.82) is 0 Å². The van der Waals surface area contributed by atoms with E-state index in [2.05, 4.69) is 20.2 Å². The van der Waals surface area contributed by atoms with Crippen LogP contribution in [-0.4, -0.2) is 73.8 Å². The van der Waals surface area contributed by atoms with Gasteiger partial charge in [0.05, 0.1) is 19.3 Å². The molecule has 110 valence electrons. The first-order chi connectivity index (χ1) is 9.81. The first kappa shape index (κ1) is 14.7. The maximum Gasteiger partial charge on any atom is 0.236 e. The van der Waals surface area contributed by atoms with E-state index in [0.717, 1.165) is 32.0 Å². The van der Waals surface area contributed by atoms with Gasteiger partial charge in [0.15, 0.2) is 0 Å². The van der Waals surface area contributed by atoms with E-state index >= 15 is 0 Å². The van der Waals surface area contributed by atoms with Crippen LogP contribution in [-0.2, 0) is 9.53 Å². The lowest BCUT2D eigenvalue weighted by Crippen LogP contribution is -2.51. The van der Waals surface area contributed by atoms with Crippen LogP contribution in [0.5, 0.6) is 0 Å². The molecule has 1 aromatic heterocycles. The predicted molar refractivity (Wildman–Crippen MR) is 75.6 cm³/mol. The van der Waals surface area contributed by atoms with Gasteiger partial charge in [-0.05, 0) is 0 Å². The average Bonchev–Trinajstić information content (AvgIpc) is 2.52. The SMILES string of the molecule is COCCNCC(=O)N1CCN(c2cnccn2)CC1. The molecule has 2 rings (SSSR count). The molecule has 1 aromatic rings. The van der Waals surface area contributed by atoms with Gasteiger partial charge >= 0.3 is 0 Å². The topological polar surface area (TPSA) is 70.6 Å². The highest BCUT2D eigenvalue weighted by Gasteiger charge is 2.21. The quantitative estimate of drug-likeness (QED) is 0.699. The number of aromatic nitrogens is 2. The highest BCUT2D eigenvalue weighted by atomic mass is 16.5. The Morgan fingerprint density at radius 1 is 1.35 bits per heavy atom. The normalized spacial score (nSPS) is 15.4. The van der Waals surface area contributed by atoms with Crippen molar-refractivity contribution in [3.05, 3.63) is 18.6 Å². The molecule has 1 fully saturated rings. The minimum absolute atomic E-state index is 0.139. The van der Waals surface area contributed by atoms with Gasteiger partial charge in [-0.15, -0.1) is 0 Å². The summed E-state index contributed by atoms with van der Waals surface area (Å²) in [6.45, 7) is 4.72. The number of methoxy groups -OCH3 is 1. The van der Waals surface area contributed by atoms with Gasteiger partial charge in [0, 0.05) is 52.2 Å². The fourth-order valence-electron chi connectivity index (χ4n) is 2.12. The Morgan fingerprint density at radius 3 is 2.80 bits per heavy atom. The number of rotatable bonds is 6. The molecule has 7 nitrogen and oxygen atoms in total. The van der Waals surface area contributed by atoms with Crippen LogP contribution in [0.2, 0.25) is 0 Å². The van der Waals surface area contributed by atoms with Crippen molar-refractivity contribution in [2.75, 3.05) is 57.9 Å². The highest BCUT2D eigenvalue weighted by molar-refractivity contribution is 5.78. The minimum Gasteiger partial charge on any atom is -0.383 e. The molecule has 2 heterocycles. The molecule has 1 aliphatic heterocycles. The zero-order valence-electron chi connectivity index (χ0n) is 11.8. The molecular weight excluding hydrogens is 258 g/mol. The van der Waals surface area contributed by atoms with Gasteiger partial charge in [0.25, 0.3) is 0 Å².